The van der Waals surface area contributed by atoms with Gasteiger partial charge in [0, 0.05) is 0 Å². The molecule has 5 nitrogen and oxygen atoms in total. The second-order valence-electron chi connectivity index (χ2n) is 5.92. The van der Waals surface area contributed by atoms with Gasteiger partial charge in [-0.05, 0) is 40.0 Å². The molecule has 0 saturated heterocycles. The molecule has 0 aromatic rings. The number of hydrogen-bond acceptors (Lipinski definition) is 4. The second kappa shape index (κ2) is 5.57. The van der Waals surface area contributed by atoms with Crippen molar-refractivity contribution in [1.29, 1.82) is 0 Å². The van der Waals surface area contributed by atoms with Gasteiger partial charge in [0.25, 0.3) is 0 Å². The molecule has 0 aliphatic heterocycles. The highest BCUT2D eigenvalue weighted by Gasteiger charge is 2.28. The van der Waals surface area contributed by atoms with Crippen LogP contribution in [0.2, 0.25) is 0 Å². The van der Waals surface area contributed by atoms with Gasteiger partial charge in [0.2, 0.25) is 10.0 Å². The molecule has 1 aliphatic rings. The smallest absolute Gasteiger partial charge is 0.324 e. The monoisotopic (exact) mass is 277 g/mol. The molecular weight excluding hydrogens is 254 g/mol. The number of hydrogen-bond donors (Lipinski definition) is 1. The number of carbonyl (C=O) groups is 1. The molecule has 1 N–H and O–H groups in total. The van der Waals surface area contributed by atoms with Gasteiger partial charge in [-0.25, -0.2) is 13.1 Å². The average Bonchev–Trinajstić information content (AvgIpc) is 2.94. The van der Waals surface area contributed by atoms with E-state index >= 15 is 0 Å². The minimum absolute atomic E-state index is 0.0881. The Hall–Kier alpha value is -0.620. The third kappa shape index (κ3) is 6.35. The van der Waals surface area contributed by atoms with Gasteiger partial charge in [-0.2, -0.15) is 0 Å². The van der Waals surface area contributed by atoms with E-state index in [0.717, 1.165) is 12.8 Å². The number of ether oxygens (including phenoxy) is 1. The van der Waals surface area contributed by atoms with Crippen LogP contribution in [0.25, 0.3) is 0 Å². The lowest BCUT2D eigenvalue weighted by molar-refractivity contribution is -0.156. The summed E-state index contributed by atoms with van der Waals surface area (Å²) in [5.41, 5.74) is -0.606. The van der Waals surface area contributed by atoms with Crippen LogP contribution in [0.5, 0.6) is 0 Å². The van der Waals surface area contributed by atoms with Crippen LogP contribution in [0.4, 0.5) is 0 Å². The van der Waals surface area contributed by atoms with Crippen LogP contribution in [0.15, 0.2) is 0 Å². The normalized spacial score (nSPS) is 18.4. The summed E-state index contributed by atoms with van der Waals surface area (Å²) < 4.78 is 30.9. The molecule has 0 aromatic heterocycles. The molecule has 1 saturated carbocycles. The van der Waals surface area contributed by atoms with Crippen molar-refractivity contribution in [2.75, 3.05) is 5.75 Å². The van der Waals surface area contributed by atoms with E-state index in [1.54, 1.807) is 20.8 Å². The molecule has 1 fully saturated rings. The first-order chi connectivity index (χ1) is 8.09. The Morgan fingerprint density at radius 2 is 1.94 bits per heavy atom. The zero-order valence-electron chi connectivity index (χ0n) is 11.5. The summed E-state index contributed by atoms with van der Waals surface area (Å²) in [6.07, 6.45) is 2.92. The fourth-order valence-electron chi connectivity index (χ4n) is 1.49. The second-order valence-corrected chi connectivity index (χ2v) is 7.80. The van der Waals surface area contributed by atoms with Gasteiger partial charge in [0.15, 0.2) is 0 Å². The van der Waals surface area contributed by atoms with Crippen molar-refractivity contribution >= 4 is 16.0 Å². The minimum Gasteiger partial charge on any atom is -0.459 e. The topological polar surface area (TPSA) is 72.5 Å². The van der Waals surface area contributed by atoms with Crippen LogP contribution in [0.1, 0.15) is 47.0 Å². The molecule has 1 rings (SSSR count). The molecule has 0 bridgehead atoms. The van der Waals surface area contributed by atoms with Gasteiger partial charge >= 0.3 is 5.97 Å². The molecule has 0 radical (unpaired) electrons. The Morgan fingerprint density at radius 1 is 1.39 bits per heavy atom. The van der Waals surface area contributed by atoms with E-state index in [1.807, 2.05) is 0 Å². The molecular formula is C12H23NO4S. The maximum Gasteiger partial charge on any atom is 0.324 e. The molecule has 106 valence electrons. The highest BCUT2D eigenvalue weighted by atomic mass is 32.2. The van der Waals surface area contributed by atoms with Crippen molar-refractivity contribution in [2.24, 2.45) is 5.92 Å². The highest BCUT2D eigenvalue weighted by molar-refractivity contribution is 7.89. The first kappa shape index (κ1) is 15.4. The Balaban J connectivity index is 2.41. The van der Waals surface area contributed by atoms with E-state index in [9.17, 15) is 13.2 Å². The molecule has 6 heteroatoms. The zero-order chi connectivity index (χ0) is 14.0. The predicted molar refractivity (Wildman–Crippen MR) is 69.6 cm³/mol. The van der Waals surface area contributed by atoms with Gasteiger partial charge < -0.3 is 4.74 Å². The lowest BCUT2D eigenvalue weighted by Gasteiger charge is -2.22. The average molecular weight is 277 g/mol. The van der Waals surface area contributed by atoms with Crippen molar-refractivity contribution in [2.45, 2.75) is 58.6 Å². The number of esters is 1. The summed E-state index contributed by atoms with van der Waals surface area (Å²) in [4.78, 5) is 11.6. The fourth-order valence-corrected chi connectivity index (χ4v) is 2.89. The molecule has 0 amide bonds. The number of sulfonamides is 1. The predicted octanol–water partition coefficient (Wildman–Crippen LogP) is 1.44. The number of nitrogens with one attached hydrogen (secondary N) is 1. The Bertz CT molecular complexity index is 393. The molecule has 18 heavy (non-hydrogen) atoms. The van der Waals surface area contributed by atoms with E-state index in [4.69, 9.17) is 4.74 Å². The van der Waals surface area contributed by atoms with Crippen LogP contribution in [0, 0.1) is 5.92 Å². The Morgan fingerprint density at radius 3 is 2.39 bits per heavy atom. The lowest BCUT2D eigenvalue weighted by atomic mass is 10.2. The fraction of sp³-hybridized carbons (Fsp3) is 0.917. The standard InChI is InChI=1S/C12H23NO4S/c1-9(11(14)17-12(2,3)4)13-18(15,16)8-7-10-5-6-10/h9-10,13H,5-8H2,1-4H3/t9-/m0/s1. The van der Waals surface area contributed by atoms with Crippen LogP contribution < -0.4 is 4.72 Å². The summed E-state index contributed by atoms with van der Waals surface area (Å²) in [6, 6.07) is -0.839. The maximum absolute atomic E-state index is 11.7. The van der Waals surface area contributed by atoms with Crippen LogP contribution in [0.3, 0.4) is 0 Å². The Kier molecular flexibility index (Phi) is 4.78. The molecule has 1 aliphatic carbocycles. The van der Waals surface area contributed by atoms with Crippen LogP contribution in [-0.2, 0) is 19.6 Å². The van der Waals surface area contributed by atoms with Gasteiger partial charge in [0.05, 0.1) is 5.75 Å². The molecule has 1 atom stereocenters. The van der Waals surface area contributed by atoms with Crippen molar-refractivity contribution in [3.63, 3.8) is 0 Å². The minimum atomic E-state index is -3.39. The van der Waals surface area contributed by atoms with E-state index in [-0.39, 0.29) is 5.75 Å². The molecule has 0 unspecified atom stereocenters. The van der Waals surface area contributed by atoms with Gasteiger partial charge in [-0.1, -0.05) is 12.8 Å². The third-order valence-electron chi connectivity index (χ3n) is 2.61. The zero-order valence-corrected chi connectivity index (χ0v) is 12.3. The maximum atomic E-state index is 11.7. The third-order valence-corrected chi connectivity index (χ3v) is 4.09. The van der Waals surface area contributed by atoms with E-state index in [0.29, 0.717) is 12.3 Å². The summed E-state index contributed by atoms with van der Waals surface area (Å²) in [5, 5.41) is 0. The molecule has 0 heterocycles. The van der Waals surface area contributed by atoms with Gasteiger partial charge in [0.1, 0.15) is 11.6 Å². The SMILES string of the molecule is C[C@H](NS(=O)(=O)CCC1CC1)C(=O)OC(C)(C)C. The molecule has 0 spiro atoms. The summed E-state index contributed by atoms with van der Waals surface area (Å²) in [5.74, 6) is 0.0982. The molecule has 0 aromatic carbocycles. The van der Waals surface area contributed by atoms with Gasteiger partial charge in [-0.15, -0.1) is 0 Å². The van der Waals surface area contributed by atoms with Crippen molar-refractivity contribution < 1.29 is 17.9 Å². The van der Waals surface area contributed by atoms with Crippen molar-refractivity contribution in [3.8, 4) is 0 Å². The van der Waals surface area contributed by atoms with Gasteiger partial charge in [-0.3, -0.25) is 4.79 Å². The van der Waals surface area contributed by atoms with Crippen molar-refractivity contribution in [1.82, 2.24) is 4.72 Å². The van der Waals surface area contributed by atoms with E-state index in [1.165, 1.54) is 6.92 Å². The number of rotatable bonds is 6. The largest absolute Gasteiger partial charge is 0.459 e. The van der Waals surface area contributed by atoms with E-state index in [2.05, 4.69) is 4.72 Å². The van der Waals surface area contributed by atoms with Crippen LogP contribution >= 0.6 is 0 Å². The Labute approximate surface area is 109 Å². The van der Waals surface area contributed by atoms with Crippen molar-refractivity contribution in [3.05, 3.63) is 0 Å². The van der Waals surface area contributed by atoms with Crippen LogP contribution in [-0.4, -0.2) is 31.8 Å². The number of carbonyl (C=O) groups excluding carboxylic acids is 1. The lowest BCUT2D eigenvalue weighted by Crippen LogP contribution is -2.43. The summed E-state index contributed by atoms with van der Waals surface area (Å²) in [7, 11) is -3.39. The summed E-state index contributed by atoms with van der Waals surface area (Å²) >= 11 is 0. The summed E-state index contributed by atoms with van der Waals surface area (Å²) in [6.45, 7) is 6.75. The van der Waals surface area contributed by atoms with E-state index < -0.39 is 27.6 Å². The highest BCUT2D eigenvalue weighted by Crippen LogP contribution is 2.32. The first-order valence-corrected chi connectivity index (χ1v) is 7.97. The quantitative estimate of drug-likeness (QED) is 0.746. The first-order valence-electron chi connectivity index (χ1n) is 6.32.